The van der Waals surface area contributed by atoms with Gasteiger partial charge in [0, 0.05) is 6.42 Å². The molecule has 0 radical (unpaired) electrons. The summed E-state index contributed by atoms with van der Waals surface area (Å²) < 4.78 is 21.7. The van der Waals surface area contributed by atoms with Gasteiger partial charge < -0.3 is 18.9 Å². The molecule has 0 bridgehead atoms. The van der Waals surface area contributed by atoms with Gasteiger partial charge in [0.15, 0.2) is 11.5 Å². The van der Waals surface area contributed by atoms with E-state index in [-0.39, 0.29) is 12.4 Å². The number of esters is 1. The lowest BCUT2D eigenvalue weighted by molar-refractivity contribution is -0.143. The van der Waals surface area contributed by atoms with E-state index in [4.69, 9.17) is 18.9 Å². The van der Waals surface area contributed by atoms with Crippen molar-refractivity contribution in [2.75, 3.05) is 26.4 Å². The number of fused-ring (bicyclic) bond motifs is 1. The number of para-hydroxylation sites is 1. The van der Waals surface area contributed by atoms with Crippen molar-refractivity contribution in [1.29, 1.82) is 0 Å². The minimum Gasteiger partial charge on any atom is -0.493 e. The molecule has 1 aliphatic rings. The van der Waals surface area contributed by atoms with Crippen molar-refractivity contribution >= 4 is 5.97 Å². The van der Waals surface area contributed by atoms with E-state index < -0.39 is 0 Å². The Kier molecular flexibility index (Phi) is 5.56. The molecule has 126 valence electrons. The largest absolute Gasteiger partial charge is 0.493 e. The molecule has 0 N–H and O–H groups in total. The molecule has 0 unspecified atom stereocenters. The standard InChI is InChI=1S/C19H20O5/c20-19(24-10-4-9-21-16-5-2-1-3-6-16)14-15-7-8-17-18(13-15)23-12-11-22-17/h1-3,5-8,13H,4,9-12,14H2. The average molecular weight is 328 g/mol. The van der Waals surface area contributed by atoms with Gasteiger partial charge >= 0.3 is 5.97 Å². The number of hydrogen-bond acceptors (Lipinski definition) is 5. The molecular weight excluding hydrogens is 308 g/mol. The van der Waals surface area contributed by atoms with Gasteiger partial charge in [-0.3, -0.25) is 4.79 Å². The molecule has 0 aromatic heterocycles. The number of carbonyl (C=O) groups excluding carboxylic acids is 1. The Morgan fingerprint density at radius 3 is 2.58 bits per heavy atom. The minimum absolute atomic E-state index is 0.218. The first kappa shape index (κ1) is 16.2. The highest BCUT2D eigenvalue weighted by Crippen LogP contribution is 2.30. The summed E-state index contributed by atoms with van der Waals surface area (Å²) in [6, 6.07) is 15.1. The normalized spacial score (nSPS) is 12.5. The smallest absolute Gasteiger partial charge is 0.310 e. The van der Waals surface area contributed by atoms with Crippen molar-refractivity contribution in [3.8, 4) is 17.2 Å². The van der Waals surface area contributed by atoms with Crippen LogP contribution in [0.4, 0.5) is 0 Å². The monoisotopic (exact) mass is 328 g/mol. The van der Waals surface area contributed by atoms with Crippen LogP contribution in [0.5, 0.6) is 17.2 Å². The maximum Gasteiger partial charge on any atom is 0.310 e. The third-order valence-electron chi connectivity index (χ3n) is 3.52. The molecule has 0 spiro atoms. The summed E-state index contributed by atoms with van der Waals surface area (Å²) in [5, 5.41) is 0. The van der Waals surface area contributed by atoms with Gasteiger partial charge in [-0.2, -0.15) is 0 Å². The molecule has 0 saturated heterocycles. The van der Waals surface area contributed by atoms with E-state index in [0.717, 1.165) is 17.1 Å². The summed E-state index contributed by atoms with van der Waals surface area (Å²) in [5.74, 6) is 1.96. The van der Waals surface area contributed by atoms with Gasteiger partial charge in [-0.05, 0) is 29.8 Å². The summed E-state index contributed by atoms with van der Waals surface area (Å²) in [5.41, 5.74) is 0.852. The highest BCUT2D eigenvalue weighted by Gasteiger charge is 2.13. The first-order chi connectivity index (χ1) is 11.8. The Bertz CT molecular complexity index is 669. The van der Waals surface area contributed by atoms with Gasteiger partial charge in [-0.1, -0.05) is 24.3 Å². The Morgan fingerprint density at radius 1 is 0.958 bits per heavy atom. The zero-order valence-corrected chi connectivity index (χ0v) is 13.4. The van der Waals surface area contributed by atoms with Crippen LogP contribution in [0, 0.1) is 0 Å². The zero-order chi connectivity index (χ0) is 16.6. The Morgan fingerprint density at radius 2 is 1.75 bits per heavy atom. The maximum absolute atomic E-state index is 11.9. The number of carbonyl (C=O) groups is 1. The molecule has 2 aromatic carbocycles. The fraction of sp³-hybridized carbons (Fsp3) is 0.316. The lowest BCUT2D eigenvalue weighted by atomic mass is 10.1. The third-order valence-corrected chi connectivity index (χ3v) is 3.52. The SMILES string of the molecule is O=C(Cc1ccc2c(c1)OCCO2)OCCCOc1ccccc1. The second-order valence-corrected chi connectivity index (χ2v) is 5.39. The van der Waals surface area contributed by atoms with Crippen LogP contribution in [-0.2, 0) is 16.0 Å². The number of benzene rings is 2. The van der Waals surface area contributed by atoms with Crippen molar-refractivity contribution in [2.45, 2.75) is 12.8 Å². The van der Waals surface area contributed by atoms with Crippen molar-refractivity contribution in [3.05, 3.63) is 54.1 Å². The first-order valence-corrected chi connectivity index (χ1v) is 8.03. The number of hydrogen-bond donors (Lipinski definition) is 0. The highest BCUT2D eigenvalue weighted by atomic mass is 16.6. The van der Waals surface area contributed by atoms with Gasteiger partial charge in [0.25, 0.3) is 0 Å². The summed E-state index contributed by atoms with van der Waals surface area (Å²) >= 11 is 0. The minimum atomic E-state index is -0.258. The summed E-state index contributed by atoms with van der Waals surface area (Å²) in [7, 11) is 0. The quantitative estimate of drug-likeness (QED) is 0.578. The van der Waals surface area contributed by atoms with Gasteiger partial charge in [0.2, 0.25) is 0 Å². The highest BCUT2D eigenvalue weighted by molar-refractivity contribution is 5.73. The lowest BCUT2D eigenvalue weighted by Crippen LogP contribution is -2.16. The Balaban J connectivity index is 1.37. The fourth-order valence-electron chi connectivity index (χ4n) is 2.37. The van der Waals surface area contributed by atoms with Crippen molar-refractivity contribution in [1.82, 2.24) is 0 Å². The van der Waals surface area contributed by atoms with Crippen LogP contribution in [0.25, 0.3) is 0 Å². The number of ether oxygens (including phenoxy) is 4. The number of rotatable bonds is 7. The van der Waals surface area contributed by atoms with Crippen molar-refractivity contribution in [3.63, 3.8) is 0 Å². The maximum atomic E-state index is 11.9. The second kappa shape index (κ2) is 8.24. The van der Waals surface area contributed by atoms with Crippen LogP contribution in [0.2, 0.25) is 0 Å². The zero-order valence-electron chi connectivity index (χ0n) is 13.4. The third kappa shape index (κ3) is 4.65. The van der Waals surface area contributed by atoms with Crippen LogP contribution in [-0.4, -0.2) is 32.4 Å². The average Bonchev–Trinajstić information content (AvgIpc) is 2.62. The molecule has 0 aliphatic carbocycles. The van der Waals surface area contributed by atoms with Gasteiger partial charge in [-0.25, -0.2) is 0 Å². The van der Waals surface area contributed by atoms with Crippen LogP contribution in [0.15, 0.2) is 48.5 Å². The molecule has 1 heterocycles. The van der Waals surface area contributed by atoms with E-state index >= 15 is 0 Å². The van der Waals surface area contributed by atoms with E-state index in [1.165, 1.54) is 0 Å². The molecule has 24 heavy (non-hydrogen) atoms. The predicted octanol–water partition coefficient (Wildman–Crippen LogP) is 3.01. The van der Waals surface area contributed by atoms with Gasteiger partial charge in [0.1, 0.15) is 19.0 Å². The predicted molar refractivity (Wildman–Crippen MR) is 88.6 cm³/mol. The van der Waals surface area contributed by atoms with Crippen LogP contribution in [0.1, 0.15) is 12.0 Å². The molecule has 5 nitrogen and oxygen atoms in total. The molecule has 3 rings (SSSR count). The fourth-order valence-corrected chi connectivity index (χ4v) is 2.37. The van der Waals surface area contributed by atoms with Crippen LogP contribution in [0.3, 0.4) is 0 Å². The van der Waals surface area contributed by atoms with E-state index in [0.29, 0.717) is 38.6 Å². The molecular formula is C19H20O5. The molecule has 5 heteroatoms. The van der Waals surface area contributed by atoms with Gasteiger partial charge in [-0.15, -0.1) is 0 Å². The van der Waals surface area contributed by atoms with E-state index in [9.17, 15) is 4.79 Å². The summed E-state index contributed by atoms with van der Waals surface area (Å²) in [6.45, 7) is 1.94. The Labute approximate surface area is 141 Å². The molecule has 1 aliphatic heterocycles. The summed E-state index contributed by atoms with van der Waals surface area (Å²) in [4.78, 5) is 11.9. The molecule has 2 aromatic rings. The van der Waals surface area contributed by atoms with Crippen molar-refractivity contribution < 1.29 is 23.7 Å². The second-order valence-electron chi connectivity index (χ2n) is 5.39. The van der Waals surface area contributed by atoms with E-state index in [1.54, 1.807) is 0 Å². The molecule has 0 saturated carbocycles. The van der Waals surface area contributed by atoms with Crippen molar-refractivity contribution in [2.24, 2.45) is 0 Å². The topological polar surface area (TPSA) is 54.0 Å². The Hall–Kier alpha value is -2.69. The molecule has 0 fully saturated rings. The van der Waals surface area contributed by atoms with E-state index in [1.807, 2.05) is 48.5 Å². The van der Waals surface area contributed by atoms with Crippen LogP contribution < -0.4 is 14.2 Å². The van der Waals surface area contributed by atoms with Crippen LogP contribution >= 0.6 is 0 Å². The first-order valence-electron chi connectivity index (χ1n) is 8.03. The lowest BCUT2D eigenvalue weighted by Gasteiger charge is -2.18. The molecule has 0 atom stereocenters. The molecule has 0 amide bonds. The summed E-state index contributed by atoms with van der Waals surface area (Å²) in [6.07, 6.45) is 0.873. The van der Waals surface area contributed by atoms with Gasteiger partial charge in [0.05, 0.1) is 19.6 Å². The van der Waals surface area contributed by atoms with E-state index in [2.05, 4.69) is 0 Å².